The molecule has 1 N–H and O–H groups in total. The number of aryl methyl sites for hydroxylation is 1. The van der Waals surface area contributed by atoms with E-state index in [0.29, 0.717) is 31.1 Å². The second-order valence-corrected chi connectivity index (χ2v) is 6.31. The second kappa shape index (κ2) is 8.49. The van der Waals surface area contributed by atoms with Crippen LogP contribution in [-0.4, -0.2) is 27.0 Å². The minimum atomic E-state index is -0.0925. The number of amides is 1. The van der Waals surface area contributed by atoms with Crippen LogP contribution in [0, 0.1) is 13.8 Å². The number of pyridine rings is 2. The Morgan fingerprint density at radius 1 is 1.15 bits per heavy atom. The quantitative estimate of drug-likeness (QED) is 0.699. The molecule has 1 amide bonds. The van der Waals surface area contributed by atoms with Gasteiger partial charge in [0.15, 0.2) is 0 Å². The Morgan fingerprint density at radius 2 is 2.00 bits per heavy atom. The van der Waals surface area contributed by atoms with Crippen molar-refractivity contribution in [3.8, 4) is 5.88 Å². The highest BCUT2D eigenvalue weighted by molar-refractivity contribution is 5.95. The Labute approximate surface area is 159 Å². The highest BCUT2D eigenvalue weighted by Crippen LogP contribution is 2.17. The molecule has 0 unspecified atom stereocenters. The first-order valence-electron chi connectivity index (χ1n) is 9.01. The summed E-state index contributed by atoms with van der Waals surface area (Å²) in [4.78, 5) is 21.2. The van der Waals surface area contributed by atoms with Crippen molar-refractivity contribution in [1.82, 2.24) is 19.9 Å². The van der Waals surface area contributed by atoms with Gasteiger partial charge in [0, 0.05) is 36.4 Å². The molecule has 3 aromatic rings. The Morgan fingerprint density at radius 3 is 2.74 bits per heavy atom. The van der Waals surface area contributed by atoms with Gasteiger partial charge in [0.05, 0.1) is 24.4 Å². The third-order valence-electron chi connectivity index (χ3n) is 4.41. The standard InChI is InChI=1S/C21H24N4O2/c1-4-27-20-12-17(8-10-23-20)13-24-21(26)19-11-15(2)25(16(19)3)14-18-7-5-6-9-22-18/h5-12H,4,13-14H2,1-3H3,(H,24,26). The average molecular weight is 364 g/mol. The summed E-state index contributed by atoms with van der Waals surface area (Å²) >= 11 is 0. The minimum absolute atomic E-state index is 0.0925. The zero-order chi connectivity index (χ0) is 19.2. The maximum atomic E-state index is 12.7. The van der Waals surface area contributed by atoms with E-state index in [-0.39, 0.29) is 5.91 Å². The summed E-state index contributed by atoms with van der Waals surface area (Å²) in [5.74, 6) is 0.475. The highest BCUT2D eigenvalue weighted by Gasteiger charge is 2.16. The summed E-state index contributed by atoms with van der Waals surface area (Å²) in [6.45, 7) is 7.51. The van der Waals surface area contributed by atoms with E-state index < -0.39 is 0 Å². The van der Waals surface area contributed by atoms with Crippen molar-refractivity contribution >= 4 is 5.91 Å². The largest absolute Gasteiger partial charge is 0.478 e. The minimum Gasteiger partial charge on any atom is -0.478 e. The van der Waals surface area contributed by atoms with Gasteiger partial charge in [0.25, 0.3) is 5.91 Å². The number of nitrogens with one attached hydrogen (secondary N) is 1. The maximum absolute atomic E-state index is 12.7. The predicted octanol–water partition coefficient (Wildman–Crippen LogP) is 3.27. The van der Waals surface area contributed by atoms with Crippen LogP contribution in [0.5, 0.6) is 5.88 Å². The van der Waals surface area contributed by atoms with E-state index in [4.69, 9.17) is 4.74 Å². The first-order valence-corrected chi connectivity index (χ1v) is 9.01. The number of ether oxygens (including phenoxy) is 1. The molecule has 0 aliphatic rings. The van der Waals surface area contributed by atoms with Crippen molar-refractivity contribution in [3.05, 3.63) is 77.0 Å². The number of carbonyl (C=O) groups excluding carboxylic acids is 1. The number of carbonyl (C=O) groups is 1. The molecular weight excluding hydrogens is 340 g/mol. The van der Waals surface area contributed by atoms with Gasteiger partial charge in [-0.05, 0) is 50.6 Å². The van der Waals surface area contributed by atoms with Crippen molar-refractivity contribution in [1.29, 1.82) is 0 Å². The molecule has 6 nitrogen and oxygen atoms in total. The first-order chi connectivity index (χ1) is 13.1. The van der Waals surface area contributed by atoms with Gasteiger partial charge in [-0.1, -0.05) is 6.07 Å². The van der Waals surface area contributed by atoms with Gasteiger partial charge >= 0.3 is 0 Å². The average Bonchev–Trinajstić information content (AvgIpc) is 2.96. The first kappa shape index (κ1) is 18.6. The molecular formula is C21H24N4O2. The van der Waals surface area contributed by atoms with Crippen LogP contribution in [0.15, 0.2) is 48.8 Å². The summed E-state index contributed by atoms with van der Waals surface area (Å²) in [6, 6.07) is 11.5. The van der Waals surface area contributed by atoms with Gasteiger partial charge in [0.2, 0.25) is 5.88 Å². The van der Waals surface area contributed by atoms with Crippen molar-refractivity contribution in [2.24, 2.45) is 0 Å². The molecule has 0 aromatic carbocycles. The van der Waals surface area contributed by atoms with E-state index in [1.807, 2.05) is 57.2 Å². The maximum Gasteiger partial charge on any atom is 0.253 e. The lowest BCUT2D eigenvalue weighted by molar-refractivity contribution is 0.0950. The van der Waals surface area contributed by atoms with Gasteiger partial charge in [0.1, 0.15) is 0 Å². The molecule has 0 aliphatic carbocycles. The van der Waals surface area contributed by atoms with Crippen molar-refractivity contribution in [3.63, 3.8) is 0 Å². The molecule has 0 saturated carbocycles. The van der Waals surface area contributed by atoms with Crippen LogP contribution in [0.4, 0.5) is 0 Å². The van der Waals surface area contributed by atoms with Gasteiger partial charge in [-0.25, -0.2) is 4.98 Å². The molecule has 3 rings (SSSR count). The summed E-state index contributed by atoms with van der Waals surface area (Å²) in [6.07, 6.45) is 3.47. The predicted molar refractivity (Wildman–Crippen MR) is 104 cm³/mol. The number of rotatable bonds is 7. The zero-order valence-corrected chi connectivity index (χ0v) is 15.9. The molecule has 27 heavy (non-hydrogen) atoms. The van der Waals surface area contributed by atoms with Crippen LogP contribution in [0.25, 0.3) is 0 Å². The van der Waals surface area contributed by atoms with E-state index in [1.54, 1.807) is 12.4 Å². The van der Waals surface area contributed by atoms with Gasteiger partial charge in [-0.2, -0.15) is 0 Å². The van der Waals surface area contributed by atoms with Gasteiger partial charge in [-0.3, -0.25) is 9.78 Å². The lowest BCUT2D eigenvalue weighted by atomic mass is 10.2. The molecule has 140 valence electrons. The normalized spacial score (nSPS) is 10.6. The number of hydrogen-bond donors (Lipinski definition) is 1. The lowest BCUT2D eigenvalue weighted by Gasteiger charge is -2.10. The molecule has 3 aromatic heterocycles. The fourth-order valence-electron chi connectivity index (χ4n) is 2.99. The zero-order valence-electron chi connectivity index (χ0n) is 15.9. The van der Waals surface area contributed by atoms with Crippen LogP contribution in [-0.2, 0) is 13.1 Å². The summed E-state index contributed by atoms with van der Waals surface area (Å²) < 4.78 is 7.51. The topological polar surface area (TPSA) is 69.0 Å². The number of nitrogens with zero attached hydrogens (tertiary/aromatic N) is 3. The third-order valence-corrected chi connectivity index (χ3v) is 4.41. The highest BCUT2D eigenvalue weighted by atomic mass is 16.5. The Balaban J connectivity index is 1.70. The molecule has 0 aliphatic heterocycles. The van der Waals surface area contributed by atoms with E-state index in [0.717, 1.165) is 22.6 Å². The number of aromatic nitrogens is 3. The van der Waals surface area contributed by atoms with E-state index in [2.05, 4.69) is 19.9 Å². The molecule has 0 bridgehead atoms. The van der Waals surface area contributed by atoms with E-state index >= 15 is 0 Å². The van der Waals surface area contributed by atoms with Crippen LogP contribution in [0.1, 0.15) is 39.9 Å². The SMILES string of the molecule is CCOc1cc(CNC(=O)c2cc(C)n(Cc3ccccn3)c2C)ccn1. The summed E-state index contributed by atoms with van der Waals surface area (Å²) in [5.41, 5.74) is 4.56. The fraction of sp³-hybridized carbons (Fsp3) is 0.286. The van der Waals surface area contributed by atoms with Crippen molar-refractivity contribution < 1.29 is 9.53 Å². The van der Waals surface area contributed by atoms with E-state index in [9.17, 15) is 4.79 Å². The smallest absolute Gasteiger partial charge is 0.253 e. The lowest BCUT2D eigenvalue weighted by Crippen LogP contribution is -2.23. The monoisotopic (exact) mass is 364 g/mol. The Kier molecular flexibility index (Phi) is 5.86. The number of hydrogen-bond acceptors (Lipinski definition) is 4. The molecule has 0 spiro atoms. The second-order valence-electron chi connectivity index (χ2n) is 6.31. The van der Waals surface area contributed by atoms with Crippen LogP contribution >= 0.6 is 0 Å². The van der Waals surface area contributed by atoms with Crippen LogP contribution < -0.4 is 10.1 Å². The van der Waals surface area contributed by atoms with Crippen molar-refractivity contribution in [2.75, 3.05) is 6.61 Å². The molecule has 0 fully saturated rings. The molecule has 6 heteroatoms. The van der Waals surface area contributed by atoms with Gasteiger partial charge in [-0.15, -0.1) is 0 Å². The Bertz CT molecular complexity index is 919. The van der Waals surface area contributed by atoms with Crippen LogP contribution in [0.2, 0.25) is 0 Å². The molecule has 0 atom stereocenters. The Hall–Kier alpha value is -3.15. The third kappa shape index (κ3) is 4.53. The van der Waals surface area contributed by atoms with Gasteiger partial charge < -0.3 is 14.6 Å². The molecule has 3 heterocycles. The van der Waals surface area contributed by atoms with Crippen LogP contribution in [0.3, 0.4) is 0 Å². The summed E-state index contributed by atoms with van der Waals surface area (Å²) in [7, 11) is 0. The summed E-state index contributed by atoms with van der Waals surface area (Å²) in [5, 5.41) is 2.98. The fourth-order valence-corrected chi connectivity index (χ4v) is 2.99. The molecule has 0 saturated heterocycles. The van der Waals surface area contributed by atoms with E-state index in [1.165, 1.54) is 0 Å². The molecule has 0 radical (unpaired) electrons. The van der Waals surface area contributed by atoms with Crippen molar-refractivity contribution in [2.45, 2.75) is 33.9 Å².